The highest BCUT2D eigenvalue weighted by Crippen LogP contribution is 2.34. The van der Waals surface area contributed by atoms with Gasteiger partial charge in [0.1, 0.15) is 0 Å². The van der Waals surface area contributed by atoms with E-state index in [1.165, 1.54) is 14.2 Å². The van der Waals surface area contributed by atoms with E-state index in [-0.39, 0.29) is 11.3 Å². The normalized spacial score (nSPS) is 14.2. The van der Waals surface area contributed by atoms with Gasteiger partial charge in [0.2, 0.25) is 0 Å². The molecule has 1 aromatic carbocycles. The van der Waals surface area contributed by atoms with E-state index in [0.29, 0.717) is 11.1 Å². The first-order valence-corrected chi connectivity index (χ1v) is 5.87. The number of halogens is 2. The molecule has 0 saturated heterocycles. The van der Waals surface area contributed by atoms with Crippen LogP contribution in [-0.2, 0) is 9.47 Å². The van der Waals surface area contributed by atoms with Crippen molar-refractivity contribution in [1.82, 2.24) is 0 Å². The van der Waals surface area contributed by atoms with Crippen LogP contribution in [0, 0.1) is 0 Å². The molecule has 0 radical (unpaired) electrons. The van der Waals surface area contributed by atoms with Crippen molar-refractivity contribution in [1.29, 1.82) is 0 Å². The smallest absolute Gasteiger partial charge is 0.251 e. The van der Waals surface area contributed by atoms with Crippen LogP contribution in [0.1, 0.15) is 32.6 Å². The Morgan fingerprint density at radius 2 is 1.61 bits per heavy atom. The van der Waals surface area contributed by atoms with Crippen molar-refractivity contribution >= 4 is 34.8 Å². The Morgan fingerprint density at radius 3 is 2.06 bits per heavy atom. The number of anilines is 1. The number of methoxy groups -OCH3 is 2. The van der Waals surface area contributed by atoms with Gasteiger partial charge in [-0.3, -0.25) is 4.79 Å². The largest absolute Gasteiger partial charge is 0.398 e. The van der Waals surface area contributed by atoms with E-state index in [0.717, 1.165) is 0 Å². The lowest BCUT2D eigenvalue weighted by molar-refractivity contribution is 0.0994. The van der Waals surface area contributed by atoms with E-state index in [1.54, 1.807) is 12.1 Å². The van der Waals surface area contributed by atoms with Crippen molar-refractivity contribution in [3.05, 3.63) is 28.8 Å². The third-order valence-corrected chi connectivity index (χ3v) is 3.29. The number of carbonyl (C=O) groups is 1. The first-order chi connectivity index (χ1) is 8.43. The molecule has 18 heavy (non-hydrogen) atoms. The third kappa shape index (κ3) is 2.87. The van der Waals surface area contributed by atoms with Crippen LogP contribution in [0.2, 0.25) is 0 Å². The predicted molar refractivity (Wildman–Crippen MR) is 70.6 cm³/mol. The molecular weight excluding hydrogens is 279 g/mol. The van der Waals surface area contributed by atoms with Gasteiger partial charge >= 0.3 is 0 Å². The second-order valence-electron chi connectivity index (χ2n) is 3.50. The van der Waals surface area contributed by atoms with Crippen molar-refractivity contribution in [2.24, 2.45) is 5.73 Å². The number of hydrogen-bond acceptors (Lipinski definition) is 4. The number of nitrogen functional groups attached to an aromatic ring is 1. The van der Waals surface area contributed by atoms with Crippen molar-refractivity contribution in [3.8, 4) is 0 Å². The number of amides is 1. The van der Waals surface area contributed by atoms with Gasteiger partial charge in [0.05, 0.1) is 11.3 Å². The number of alkyl halides is 2. The van der Waals surface area contributed by atoms with Crippen LogP contribution in [0.15, 0.2) is 12.1 Å². The van der Waals surface area contributed by atoms with Crippen LogP contribution < -0.4 is 11.5 Å². The lowest BCUT2D eigenvalue weighted by Gasteiger charge is -2.18. The van der Waals surface area contributed by atoms with Gasteiger partial charge in [-0.1, -0.05) is 35.3 Å². The molecular formula is C11H14Cl2N2O3. The Hall–Kier alpha value is -1.01. The molecule has 0 fully saturated rings. The molecule has 0 aromatic heterocycles. The van der Waals surface area contributed by atoms with Gasteiger partial charge in [0.25, 0.3) is 5.91 Å². The maximum absolute atomic E-state index is 11.5. The first kappa shape index (κ1) is 15.0. The summed E-state index contributed by atoms with van der Waals surface area (Å²) in [5.74, 6) is -0.702. The van der Waals surface area contributed by atoms with Gasteiger partial charge in [-0.05, 0) is 0 Å². The van der Waals surface area contributed by atoms with E-state index in [2.05, 4.69) is 0 Å². The molecule has 0 bridgehead atoms. The van der Waals surface area contributed by atoms with E-state index in [1.807, 2.05) is 0 Å². The van der Waals surface area contributed by atoms with E-state index >= 15 is 0 Å². The quantitative estimate of drug-likeness (QED) is 0.643. The molecule has 1 aromatic rings. The van der Waals surface area contributed by atoms with Crippen LogP contribution in [-0.4, -0.2) is 20.1 Å². The highest BCUT2D eigenvalue weighted by atomic mass is 35.5. The van der Waals surface area contributed by atoms with E-state index in [9.17, 15) is 4.79 Å². The van der Waals surface area contributed by atoms with E-state index < -0.39 is 17.0 Å². The van der Waals surface area contributed by atoms with Crippen molar-refractivity contribution in [2.75, 3.05) is 20.0 Å². The Balaban J connectivity index is 3.42. The summed E-state index contributed by atoms with van der Waals surface area (Å²) in [7, 11) is 2.83. The molecule has 0 aliphatic carbocycles. The summed E-state index contributed by atoms with van der Waals surface area (Å²) in [6, 6.07) is 3.20. The van der Waals surface area contributed by atoms with Gasteiger partial charge in [-0.15, -0.1) is 0 Å². The van der Waals surface area contributed by atoms with Crippen LogP contribution in [0.25, 0.3) is 0 Å². The number of carbonyl (C=O) groups excluding carboxylic acids is 1. The Labute approximate surface area is 115 Å². The molecule has 1 amide bonds. The maximum Gasteiger partial charge on any atom is 0.251 e. The summed E-state index contributed by atoms with van der Waals surface area (Å²) in [6.07, 6.45) is 0. The van der Waals surface area contributed by atoms with Gasteiger partial charge in [0.15, 0.2) is 11.1 Å². The standard InChI is InChI=1S/C11H14Cl2N2O3/c1-17-9(12)5-3-4-6(10(13)18-2)8(14)7(5)11(15)16/h3-4,9-10H,14H2,1-2H3,(H2,15,16). The molecule has 2 unspecified atom stereocenters. The Kier molecular flexibility index (Phi) is 5.22. The molecule has 4 N–H and O–H groups in total. The zero-order valence-corrected chi connectivity index (χ0v) is 11.5. The fourth-order valence-corrected chi connectivity index (χ4v) is 1.94. The average molecular weight is 293 g/mol. The topological polar surface area (TPSA) is 87.6 Å². The fraction of sp³-hybridized carbons (Fsp3) is 0.364. The molecule has 0 aliphatic heterocycles. The van der Waals surface area contributed by atoms with Gasteiger partial charge in [-0.25, -0.2) is 0 Å². The van der Waals surface area contributed by atoms with Gasteiger partial charge < -0.3 is 20.9 Å². The Morgan fingerprint density at radius 1 is 1.17 bits per heavy atom. The monoisotopic (exact) mass is 292 g/mol. The highest BCUT2D eigenvalue weighted by Gasteiger charge is 2.23. The summed E-state index contributed by atoms with van der Waals surface area (Å²) >= 11 is 11.8. The number of primary amides is 1. The lowest BCUT2D eigenvalue weighted by atomic mass is 10.0. The molecule has 2 atom stereocenters. The number of ether oxygens (including phenoxy) is 2. The fourth-order valence-electron chi connectivity index (χ4n) is 1.57. The van der Waals surface area contributed by atoms with Crippen molar-refractivity contribution in [3.63, 3.8) is 0 Å². The third-order valence-electron chi connectivity index (χ3n) is 2.46. The molecule has 7 heteroatoms. The van der Waals surface area contributed by atoms with Crippen LogP contribution in [0.5, 0.6) is 0 Å². The zero-order chi connectivity index (χ0) is 13.9. The number of benzene rings is 1. The summed E-state index contributed by atoms with van der Waals surface area (Å²) in [4.78, 5) is 11.5. The number of rotatable bonds is 5. The van der Waals surface area contributed by atoms with Crippen molar-refractivity contribution in [2.45, 2.75) is 11.1 Å². The lowest BCUT2D eigenvalue weighted by Crippen LogP contribution is -2.19. The highest BCUT2D eigenvalue weighted by molar-refractivity contribution is 6.22. The molecule has 0 saturated carbocycles. The van der Waals surface area contributed by atoms with Crippen LogP contribution in [0.4, 0.5) is 5.69 Å². The molecule has 5 nitrogen and oxygen atoms in total. The molecule has 0 spiro atoms. The second-order valence-corrected chi connectivity index (χ2v) is 4.29. The first-order valence-electron chi connectivity index (χ1n) is 4.99. The van der Waals surface area contributed by atoms with Crippen LogP contribution in [0.3, 0.4) is 0 Å². The molecule has 0 aliphatic rings. The maximum atomic E-state index is 11.5. The predicted octanol–water partition coefficient (Wildman–Crippen LogP) is 2.14. The van der Waals surface area contributed by atoms with Gasteiger partial charge in [0, 0.05) is 25.3 Å². The minimum Gasteiger partial charge on any atom is -0.398 e. The van der Waals surface area contributed by atoms with E-state index in [4.69, 9.17) is 44.1 Å². The minimum atomic E-state index is -0.819. The number of hydrogen-bond donors (Lipinski definition) is 2. The summed E-state index contributed by atoms with van der Waals surface area (Å²) in [6.45, 7) is 0. The molecule has 1 rings (SSSR count). The number of nitrogens with two attached hydrogens (primary N) is 2. The molecule has 100 valence electrons. The minimum absolute atomic E-state index is 0.0945. The molecule has 0 heterocycles. The SMILES string of the molecule is COC(Cl)c1ccc(C(Cl)OC)c(C(N)=O)c1N. The zero-order valence-electron chi connectivity index (χ0n) is 9.94. The van der Waals surface area contributed by atoms with Crippen molar-refractivity contribution < 1.29 is 14.3 Å². The van der Waals surface area contributed by atoms with Gasteiger partial charge in [-0.2, -0.15) is 0 Å². The second kappa shape index (κ2) is 6.24. The average Bonchev–Trinajstić information content (AvgIpc) is 2.35. The summed E-state index contributed by atoms with van der Waals surface area (Å²) in [5.41, 5.74) is 10.7. The van der Waals surface area contributed by atoms with Crippen LogP contribution >= 0.6 is 23.2 Å². The Bertz CT molecular complexity index is 454. The summed E-state index contributed by atoms with van der Waals surface area (Å²) in [5, 5.41) is 0. The summed E-state index contributed by atoms with van der Waals surface area (Å²) < 4.78 is 9.89.